The number of benzene rings is 1. The van der Waals surface area contributed by atoms with Crippen LogP contribution >= 0.6 is 11.6 Å². The number of hydrogen-bond acceptors (Lipinski definition) is 3. The summed E-state index contributed by atoms with van der Waals surface area (Å²) in [5.41, 5.74) is 2.55. The Morgan fingerprint density at radius 3 is 2.86 bits per heavy atom. The summed E-state index contributed by atoms with van der Waals surface area (Å²) in [6.07, 6.45) is 1.36. The SMILES string of the molecule is CCC1COC(C)CN1c1ccc(Cl)cc1CNC(C)C. The van der Waals surface area contributed by atoms with Crippen LogP contribution < -0.4 is 10.2 Å². The first-order chi connectivity index (χ1) is 10.0. The monoisotopic (exact) mass is 310 g/mol. The van der Waals surface area contributed by atoms with Gasteiger partial charge >= 0.3 is 0 Å². The van der Waals surface area contributed by atoms with Crippen molar-refractivity contribution in [2.45, 2.75) is 58.8 Å². The first-order valence-electron chi connectivity index (χ1n) is 7.91. The van der Waals surface area contributed by atoms with Gasteiger partial charge in [-0.2, -0.15) is 0 Å². The number of nitrogens with zero attached hydrogens (tertiary/aromatic N) is 1. The summed E-state index contributed by atoms with van der Waals surface area (Å²) in [6.45, 7) is 11.3. The van der Waals surface area contributed by atoms with Gasteiger partial charge in [0.1, 0.15) is 0 Å². The molecule has 0 spiro atoms. The summed E-state index contributed by atoms with van der Waals surface area (Å²) in [4.78, 5) is 2.49. The van der Waals surface area contributed by atoms with E-state index in [-0.39, 0.29) is 6.10 Å². The van der Waals surface area contributed by atoms with E-state index in [9.17, 15) is 0 Å². The zero-order valence-corrected chi connectivity index (χ0v) is 14.3. The van der Waals surface area contributed by atoms with Crippen LogP contribution in [0.25, 0.3) is 0 Å². The van der Waals surface area contributed by atoms with Crippen LogP contribution in [0.5, 0.6) is 0 Å². The molecule has 2 atom stereocenters. The number of halogens is 1. The Kier molecular flexibility index (Phi) is 5.91. The van der Waals surface area contributed by atoms with Gasteiger partial charge in [-0.1, -0.05) is 32.4 Å². The maximum absolute atomic E-state index is 6.20. The lowest BCUT2D eigenvalue weighted by Gasteiger charge is -2.41. The maximum atomic E-state index is 6.20. The molecule has 1 aromatic rings. The molecular formula is C17H27ClN2O. The van der Waals surface area contributed by atoms with Gasteiger partial charge in [0.05, 0.1) is 18.8 Å². The van der Waals surface area contributed by atoms with E-state index >= 15 is 0 Å². The lowest BCUT2D eigenvalue weighted by molar-refractivity contribution is 0.0299. The number of hydrogen-bond donors (Lipinski definition) is 1. The quantitative estimate of drug-likeness (QED) is 0.894. The fraction of sp³-hybridized carbons (Fsp3) is 0.647. The van der Waals surface area contributed by atoms with Gasteiger partial charge in [-0.25, -0.2) is 0 Å². The molecule has 0 saturated carbocycles. The number of rotatable bonds is 5. The topological polar surface area (TPSA) is 24.5 Å². The summed E-state index contributed by atoms with van der Waals surface area (Å²) in [6, 6.07) is 7.13. The molecule has 4 heteroatoms. The highest BCUT2D eigenvalue weighted by molar-refractivity contribution is 6.30. The van der Waals surface area contributed by atoms with Crippen molar-refractivity contribution >= 4 is 17.3 Å². The minimum Gasteiger partial charge on any atom is -0.375 e. The van der Waals surface area contributed by atoms with Crippen LogP contribution in [0, 0.1) is 0 Å². The van der Waals surface area contributed by atoms with Crippen LogP contribution in [-0.2, 0) is 11.3 Å². The number of nitrogens with one attached hydrogen (secondary N) is 1. The molecule has 1 N–H and O–H groups in total. The molecular weight excluding hydrogens is 284 g/mol. The molecule has 1 aliphatic heterocycles. The van der Waals surface area contributed by atoms with Crippen molar-refractivity contribution in [3.05, 3.63) is 28.8 Å². The van der Waals surface area contributed by atoms with E-state index in [1.165, 1.54) is 11.3 Å². The summed E-state index contributed by atoms with van der Waals surface area (Å²) in [5, 5.41) is 4.30. The van der Waals surface area contributed by atoms with Gasteiger partial charge in [-0.3, -0.25) is 0 Å². The van der Waals surface area contributed by atoms with Crippen LogP contribution in [0.2, 0.25) is 5.02 Å². The Labute approximate surface area is 133 Å². The number of anilines is 1. The Bertz CT molecular complexity index is 464. The minimum atomic E-state index is 0.273. The molecule has 0 amide bonds. The smallest absolute Gasteiger partial charge is 0.0723 e. The lowest BCUT2D eigenvalue weighted by atomic mass is 10.1. The Hall–Kier alpha value is -0.770. The van der Waals surface area contributed by atoms with Crippen molar-refractivity contribution in [1.82, 2.24) is 5.32 Å². The highest BCUT2D eigenvalue weighted by atomic mass is 35.5. The van der Waals surface area contributed by atoms with E-state index in [1.807, 2.05) is 6.07 Å². The van der Waals surface area contributed by atoms with Gasteiger partial charge in [0.2, 0.25) is 0 Å². The van der Waals surface area contributed by atoms with Crippen molar-refractivity contribution in [3.63, 3.8) is 0 Å². The zero-order valence-electron chi connectivity index (χ0n) is 13.5. The summed E-state index contributed by atoms with van der Waals surface area (Å²) >= 11 is 6.20. The van der Waals surface area contributed by atoms with Crippen LogP contribution in [0.15, 0.2) is 18.2 Å². The van der Waals surface area contributed by atoms with E-state index in [1.54, 1.807) is 0 Å². The van der Waals surface area contributed by atoms with Crippen molar-refractivity contribution in [3.8, 4) is 0 Å². The molecule has 0 aliphatic carbocycles. The van der Waals surface area contributed by atoms with Crippen molar-refractivity contribution < 1.29 is 4.74 Å². The molecule has 1 saturated heterocycles. The predicted octanol–water partition coefficient (Wildman–Crippen LogP) is 3.84. The standard InChI is InChI=1S/C17H27ClN2O/c1-5-16-11-21-13(4)10-20(16)17-7-6-15(18)8-14(17)9-19-12(2)3/h6-8,12-13,16,19H,5,9-11H2,1-4H3. The Morgan fingerprint density at radius 2 is 2.19 bits per heavy atom. The lowest BCUT2D eigenvalue weighted by Crippen LogP contribution is -2.49. The van der Waals surface area contributed by atoms with Gasteiger partial charge in [-0.15, -0.1) is 0 Å². The normalized spacial score (nSPS) is 22.9. The second-order valence-corrected chi connectivity index (χ2v) is 6.60. The first kappa shape index (κ1) is 16.6. The number of ether oxygens (including phenoxy) is 1. The van der Waals surface area contributed by atoms with Gasteiger partial charge in [0.25, 0.3) is 0 Å². The second kappa shape index (κ2) is 7.48. The van der Waals surface area contributed by atoms with E-state index in [2.05, 4.69) is 50.0 Å². The average Bonchev–Trinajstić information content (AvgIpc) is 2.45. The minimum absolute atomic E-state index is 0.273. The van der Waals surface area contributed by atoms with E-state index in [0.717, 1.165) is 31.1 Å². The Balaban J connectivity index is 2.27. The van der Waals surface area contributed by atoms with E-state index in [0.29, 0.717) is 12.1 Å². The molecule has 1 heterocycles. The van der Waals surface area contributed by atoms with E-state index < -0.39 is 0 Å². The van der Waals surface area contributed by atoms with Crippen LogP contribution in [-0.4, -0.2) is 31.3 Å². The molecule has 1 aliphatic rings. The molecule has 1 aromatic carbocycles. The van der Waals surface area contributed by atoms with Gasteiger partial charge in [-0.05, 0) is 37.1 Å². The molecule has 118 valence electrons. The molecule has 3 nitrogen and oxygen atoms in total. The van der Waals surface area contributed by atoms with Crippen LogP contribution in [0.3, 0.4) is 0 Å². The molecule has 0 radical (unpaired) electrons. The van der Waals surface area contributed by atoms with Crippen LogP contribution in [0.1, 0.15) is 39.7 Å². The van der Waals surface area contributed by atoms with Gasteiger partial charge in [0, 0.05) is 29.8 Å². The summed E-state index contributed by atoms with van der Waals surface area (Å²) < 4.78 is 5.81. The largest absolute Gasteiger partial charge is 0.375 e. The third-order valence-corrected chi connectivity index (χ3v) is 4.23. The zero-order chi connectivity index (χ0) is 15.4. The highest BCUT2D eigenvalue weighted by Crippen LogP contribution is 2.29. The first-order valence-corrected chi connectivity index (χ1v) is 8.29. The third-order valence-electron chi connectivity index (χ3n) is 3.99. The molecule has 21 heavy (non-hydrogen) atoms. The molecule has 2 rings (SSSR count). The van der Waals surface area contributed by atoms with Crippen molar-refractivity contribution in [2.24, 2.45) is 0 Å². The molecule has 0 aromatic heterocycles. The highest BCUT2D eigenvalue weighted by Gasteiger charge is 2.27. The molecule has 0 bridgehead atoms. The van der Waals surface area contributed by atoms with Gasteiger partial charge < -0.3 is 15.0 Å². The summed E-state index contributed by atoms with van der Waals surface area (Å²) in [5.74, 6) is 0. The number of morpholine rings is 1. The fourth-order valence-corrected chi connectivity index (χ4v) is 2.96. The van der Waals surface area contributed by atoms with Crippen molar-refractivity contribution in [2.75, 3.05) is 18.1 Å². The molecule has 1 fully saturated rings. The molecule has 2 unspecified atom stereocenters. The Morgan fingerprint density at radius 1 is 1.43 bits per heavy atom. The van der Waals surface area contributed by atoms with Crippen LogP contribution in [0.4, 0.5) is 5.69 Å². The van der Waals surface area contributed by atoms with Crippen molar-refractivity contribution in [1.29, 1.82) is 0 Å². The second-order valence-electron chi connectivity index (χ2n) is 6.17. The predicted molar refractivity (Wildman–Crippen MR) is 90.3 cm³/mol. The third kappa shape index (κ3) is 4.35. The summed E-state index contributed by atoms with van der Waals surface area (Å²) in [7, 11) is 0. The fourth-order valence-electron chi connectivity index (χ4n) is 2.77. The van der Waals surface area contributed by atoms with E-state index in [4.69, 9.17) is 16.3 Å². The van der Waals surface area contributed by atoms with Gasteiger partial charge in [0.15, 0.2) is 0 Å². The average molecular weight is 311 g/mol. The maximum Gasteiger partial charge on any atom is 0.0723 e.